The largest absolute Gasteiger partial charge is 0.480 e. The number of aliphatic carboxylic acids is 1. The molecule has 1 unspecified atom stereocenters. The van der Waals surface area contributed by atoms with Crippen molar-refractivity contribution in [1.29, 1.82) is 0 Å². The van der Waals surface area contributed by atoms with Crippen molar-refractivity contribution in [2.75, 3.05) is 26.2 Å². The molecule has 0 aromatic heterocycles. The summed E-state index contributed by atoms with van der Waals surface area (Å²) in [6.07, 6.45) is 3.63. The van der Waals surface area contributed by atoms with Gasteiger partial charge in [-0.3, -0.25) is 9.69 Å². The Labute approximate surface area is 131 Å². The summed E-state index contributed by atoms with van der Waals surface area (Å²) >= 11 is 0. The highest BCUT2D eigenvalue weighted by Crippen LogP contribution is 2.26. The van der Waals surface area contributed by atoms with Gasteiger partial charge >= 0.3 is 12.0 Å². The molecule has 1 aliphatic heterocycles. The van der Waals surface area contributed by atoms with Crippen LogP contribution in [0.2, 0.25) is 0 Å². The van der Waals surface area contributed by atoms with Crippen LogP contribution in [0.3, 0.4) is 0 Å². The molecule has 1 saturated carbocycles. The number of amides is 2. The van der Waals surface area contributed by atoms with Gasteiger partial charge in [0, 0.05) is 25.2 Å². The predicted octanol–water partition coefficient (Wildman–Crippen LogP) is 0.792. The van der Waals surface area contributed by atoms with E-state index in [4.69, 9.17) is 9.84 Å². The van der Waals surface area contributed by atoms with Gasteiger partial charge in [-0.2, -0.15) is 0 Å². The van der Waals surface area contributed by atoms with E-state index in [-0.39, 0.29) is 30.3 Å². The van der Waals surface area contributed by atoms with E-state index < -0.39 is 5.97 Å². The minimum atomic E-state index is -0.805. The Morgan fingerprint density at radius 1 is 1.41 bits per heavy atom. The van der Waals surface area contributed by atoms with Gasteiger partial charge < -0.3 is 20.5 Å². The highest BCUT2D eigenvalue weighted by Gasteiger charge is 2.35. The van der Waals surface area contributed by atoms with Crippen LogP contribution in [-0.4, -0.2) is 65.9 Å². The zero-order valence-electron chi connectivity index (χ0n) is 13.4. The first kappa shape index (κ1) is 17.0. The van der Waals surface area contributed by atoms with Crippen molar-refractivity contribution in [3.8, 4) is 0 Å². The molecule has 2 fully saturated rings. The van der Waals surface area contributed by atoms with Gasteiger partial charge in [-0.15, -0.1) is 0 Å². The summed E-state index contributed by atoms with van der Waals surface area (Å²) in [7, 11) is 0. The number of ether oxygens (including phenoxy) is 1. The third kappa shape index (κ3) is 4.58. The third-order valence-electron chi connectivity index (χ3n) is 4.63. The SMILES string of the molecule is CCN(CC(=O)O)C1CC(NC(=O)NCC2(C)CCCO2)C1. The Hall–Kier alpha value is -1.34. The summed E-state index contributed by atoms with van der Waals surface area (Å²) in [6.45, 7) is 6.04. The van der Waals surface area contributed by atoms with Crippen molar-refractivity contribution in [2.24, 2.45) is 0 Å². The average Bonchev–Trinajstić information content (AvgIpc) is 2.85. The highest BCUT2D eigenvalue weighted by atomic mass is 16.5. The summed E-state index contributed by atoms with van der Waals surface area (Å²) in [5.74, 6) is -0.805. The van der Waals surface area contributed by atoms with E-state index in [0.29, 0.717) is 13.1 Å². The molecule has 0 radical (unpaired) electrons. The number of hydrogen-bond acceptors (Lipinski definition) is 4. The molecule has 7 nitrogen and oxygen atoms in total. The van der Waals surface area contributed by atoms with E-state index in [1.165, 1.54) is 0 Å². The molecule has 3 N–H and O–H groups in total. The lowest BCUT2D eigenvalue weighted by Crippen LogP contribution is -2.57. The van der Waals surface area contributed by atoms with Crippen LogP contribution < -0.4 is 10.6 Å². The van der Waals surface area contributed by atoms with Gasteiger partial charge in [0.15, 0.2) is 0 Å². The summed E-state index contributed by atoms with van der Waals surface area (Å²) in [5, 5.41) is 14.7. The van der Waals surface area contributed by atoms with Crippen molar-refractivity contribution >= 4 is 12.0 Å². The smallest absolute Gasteiger partial charge is 0.317 e. The van der Waals surface area contributed by atoms with Gasteiger partial charge in [-0.05, 0) is 39.2 Å². The number of carboxylic acid groups (broad SMARTS) is 1. The number of nitrogens with one attached hydrogen (secondary N) is 2. The molecule has 0 bridgehead atoms. The van der Waals surface area contributed by atoms with Crippen LogP contribution in [0, 0.1) is 0 Å². The Bertz CT molecular complexity index is 404. The molecule has 2 rings (SSSR count). The fraction of sp³-hybridized carbons (Fsp3) is 0.867. The first-order valence-corrected chi connectivity index (χ1v) is 8.06. The molecule has 7 heteroatoms. The highest BCUT2D eigenvalue weighted by molar-refractivity contribution is 5.74. The zero-order valence-corrected chi connectivity index (χ0v) is 13.4. The number of hydrogen-bond donors (Lipinski definition) is 3. The van der Waals surface area contributed by atoms with E-state index in [1.807, 2.05) is 18.7 Å². The zero-order chi connectivity index (χ0) is 16.2. The van der Waals surface area contributed by atoms with Gasteiger partial charge in [0.1, 0.15) is 0 Å². The number of carboxylic acids is 1. The van der Waals surface area contributed by atoms with Crippen LogP contribution >= 0.6 is 0 Å². The van der Waals surface area contributed by atoms with E-state index >= 15 is 0 Å². The molecule has 2 aliphatic rings. The molecule has 0 aromatic rings. The normalized spacial score (nSPS) is 30.9. The second-order valence-electron chi connectivity index (χ2n) is 6.51. The maximum Gasteiger partial charge on any atom is 0.317 e. The molecular weight excluding hydrogens is 286 g/mol. The van der Waals surface area contributed by atoms with E-state index in [2.05, 4.69) is 10.6 Å². The molecule has 1 heterocycles. The second kappa shape index (κ2) is 7.28. The first-order valence-electron chi connectivity index (χ1n) is 8.06. The van der Waals surface area contributed by atoms with E-state index in [0.717, 1.165) is 32.3 Å². The standard InChI is InChI=1S/C15H27N3O4/c1-3-18(9-13(19)20)12-7-11(8-12)17-14(21)16-10-15(2)5-4-6-22-15/h11-12H,3-10H2,1-2H3,(H,19,20)(H2,16,17,21). The number of urea groups is 1. The topological polar surface area (TPSA) is 90.9 Å². The third-order valence-corrected chi connectivity index (χ3v) is 4.63. The van der Waals surface area contributed by atoms with Crippen molar-refractivity contribution in [3.63, 3.8) is 0 Å². The lowest BCUT2D eigenvalue weighted by molar-refractivity contribution is -0.139. The maximum atomic E-state index is 11.9. The van der Waals surface area contributed by atoms with Crippen LogP contribution in [0.4, 0.5) is 4.79 Å². The Morgan fingerprint density at radius 2 is 2.14 bits per heavy atom. The van der Waals surface area contributed by atoms with Crippen LogP contribution in [0.1, 0.15) is 39.5 Å². The average molecular weight is 313 g/mol. The van der Waals surface area contributed by atoms with E-state index in [1.54, 1.807) is 0 Å². The van der Waals surface area contributed by atoms with Gasteiger partial charge in [0.25, 0.3) is 0 Å². The van der Waals surface area contributed by atoms with Gasteiger partial charge in [-0.25, -0.2) is 4.79 Å². The molecule has 22 heavy (non-hydrogen) atoms. The molecular formula is C15H27N3O4. The first-order chi connectivity index (χ1) is 10.4. The number of rotatable bonds is 7. The number of nitrogens with zero attached hydrogens (tertiary/aromatic N) is 1. The maximum absolute atomic E-state index is 11.9. The minimum absolute atomic E-state index is 0.0653. The van der Waals surface area contributed by atoms with Crippen molar-refractivity contribution < 1.29 is 19.4 Å². The van der Waals surface area contributed by atoms with Crippen molar-refractivity contribution in [2.45, 2.75) is 57.2 Å². The van der Waals surface area contributed by atoms with Crippen molar-refractivity contribution in [3.05, 3.63) is 0 Å². The van der Waals surface area contributed by atoms with Gasteiger partial charge in [0.05, 0.1) is 12.1 Å². The summed E-state index contributed by atoms with van der Waals surface area (Å²) < 4.78 is 5.63. The number of carbonyl (C=O) groups excluding carboxylic acids is 1. The van der Waals surface area contributed by atoms with Crippen LogP contribution in [-0.2, 0) is 9.53 Å². The van der Waals surface area contributed by atoms with Crippen LogP contribution in [0.5, 0.6) is 0 Å². The molecule has 0 aromatic carbocycles. The molecule has 1 atom stereocenters. The second-order valence-corrected chi connectivity index (χ2v) is 6.51. The van der Waals surface area contributed by atoms with Crippen LogP contribution in [0.25, 0.3) is 0 Å². The monoisotopic (exact) mass is 313 g/mol. The minimum Gasteiger partial charge on any atom is -0.480 e. The fourth-order valence-corrected chi connectivity index (χ4v) is 3.16. The quantitative estimate of drug-likeness (QED) is 0.646. The fourth-order valence-electron chi connectivity index (χ4n) is 3.16. The molecule has 0 spiro atoms. The van der Waals surface area contributed by atoms with Gasteiger partial charge in [0.2, 0.25) is 0 Å². The lowest BCUT2D eigenvalue weighted by atomic mass is 9.85. The number of carbonyl (C=O) groups is 2. The Morgan fingerprint density at radius 3 is 2.68 bits per heavy atom. The number of likely N-dealkylation sites (N-methyl/N-ethyl adjacent to an activating group) is 1. The predicted molar refractivity (Wildman–Crippen MR) is 81.8 cm³/mol. The summed E-state index contributed by atoms with van der Waals surface area (Å²) in [4.78, 5) is 24.6. The lowest BCUT2D eigenvalue weighted by Gasteiger charge is -2.42. The molecule has 1 saturated heterocycles. The Balaban J connectivity index is 1.64. The Kier molecular flexibility index (Phi) is 5.63. The van der Waals surface area contributed by atoms with Crippen LogP contribution in [0.15, 0.2) is 0 Å². The molecule has 126 valence electrons. The summed E-state index contributed by atoms with van der Waals surface area (Å²) in [6, 6.07) is 0.216. The van der Waals surface area contributed by atoms with E-state index in [9.17, 15) is 9.59 Å². The molecule has 2 amide bonds. The summed E-state index contributed by atoms with van der Waals surface area (Å²) in [5.41, 5.74) is -0.236. The molecule has 1 aliphatic carbocycles. The van der Waals surface area contributed by atoms with Crippen molar-refractivity contribution in [1.82, 2.24) is 15.5 Å². The van der Waals surface area contributed by atoms with Gasteiger partial charge in [-0.1, -0.05) is 6.92 Å².